The first-order valence-corrected chi connectivity index (χ1v) is 13.2. The van der Waals surface area contributed by atoms with E-state index in [0.29, 0.717) is 15.7 Å². The fraction of sp³-hybridized carbons (Fsp3) is 0.286. The molecule has 0 aromatic heterocycles. The lowest BCUT2D eigenvalue weighted by molar-refractivity contribution is -0.274. The molecule has 220 valence electrons. The molecule has 8 nitrogen and oxygen atoms in total. The molecular weight excluding hydrogens is 631 g/mol. The van der Waals surface area contributed by atoms with Gasteiger partial charge in [-0.15, -0.1) is 25.6 Å². The van der Waals surface area contributed by atoms with Gasteiger partial charge in [0.05, 0.1) is 30.6 Å². The lowest BCUT2D eigenvalue weighted by atomic mass is 10.1. The summed E-state index contributed by atoms with van der Waals surface area (Å²) in [4.78, 5) is 27.5. The summed E-state index contributed by atoms with van der Waals surface area (Å²) >= 11 is 3.34. The van der Waals surface area contributed by atoms with Crippen molar-refractivity contribution in [3.63, 3.8) is 0 Å². The van der Waals surface area contributed by atoms with Crippen LogP contribution in [0.3, 0.4) is 0 Å². The van der Waals surface area contributed by atoms with Gasteiger partial charge in [-0.2, -0.15) is 0 Å². The summed E-state index contributed by atoms with van der Waals surface area (Å²) < 4.78 is 47.7. The van der Waals surface area contributed by atoms with Gasteiger partial charge in [0.1, 0.15) is 17.1 Å². The summed E-state index contributed by atoms with van der Waals surface area (Å²) in [6.45, 7) is 1.72. The van der Waals surface area contributed by atoms with Gasteiger partial charge in [0, 0.05) is 17.6 Å². The number of hydrazine groups is 1. The molecule has 0 saturated carbocycles. The number of carbonyl (C=O) groups is 2. The summed E-state index contributed by atoms with van der Waals surface area (Å²) in [6.07, 6.45) is -1.81. The number of amides is 1. The van der Waals surface area contributed by atoms with E-state index in [-0.39, 0.29) is 35.8 Å². The fourth-order valence-electron chi connectivity index (χ4n) is 4.48. The normalized spacial score (nSPS) is 13.1. The molecule has 4 rings (SSSR count). The quantitative estimate of drug-likeness (QED) is 0.238. The molecule has 0 bridgehead atoms. The van der Waals surface area contributed by atoms with Crippen molar-refractivity contribution in [1.82, 2.24) is 0 Å². The number of hydrogen-bond donors (Lipinski definition) is 2. The Kier molecular flexibility index (Phi) is 10.7. The second kappa shape index (κ2) is 13.8. The zero-order valence-corrected chi connectivity index (χ0v) is 24.3. The van der Waals surface area contributed by atoms with E-state index in [2.05, 4.69) is 31.0 Å². The van der Waals surface area contributed by atoms with Gasteiger partial charge in [0.2, 0.25) is 5.91 Å². The molecule has 1 aliphatic heterocycles. The van der Waals surface area contributed by atoms with Crippen molar-refractivity contribution in [1.29, 1.82) is 0 Å². The summed E-state index contributed by atoms with van der Waals surface area (Å²) in [5.74, 6) is -1.98. The van der Waals surface area contributed by atoms with Gasteiger partial charge >= 0.3 is 12.3 Å². The number of carboxylic acids is 1. The Morgan fingerprint density at radius 1 is 1.05 bits per heavy atom. The lowest BCUT2D eigenvalue weighted by Gasteiger charge is -2.33. The van der Waals surface area contributed by atoms with Crippen LogP contribution < -0.4 is 24.8 Å². The number of methoxy groups -OCH3 is 1. The predicted molar refractivity (Wildman–Crippen MR) is 155 cm³/mol. The number of rotatable bonds is 9. The van der Waals surface area contributed by atoms with Gasteiger partial charge in [-0.25, -0.2) is 9.80 Å². The molecule has 1 saturated heterocycles. The maximum Gasteiger partial charge on any atom is 0.573 e. The maximum atomic E-state index is 13.8. The van der Waals surface area contributed by atoms with Gasteiger partial charge < -0.3 is 19.5 Å². The van der Waals surface area contributed by atoms with Crippen LogP contribution in [0.1, 0.15) is 35.2 Å². The molecule has 0 unspecified atom stereocenters. The highest BCUT2D eigenvalue weighted by Gasteiger charge is 2.31. The number of piperidine rings is 1. The minimum Gasteiger partial charge on any atom is -0.496 e. The Morgan fingerprint density at radius 3 is 2.32 bits per heavy atom. The standard InChI is InChI=1S/C28H27BrF3N3O5.ClH/c1-39-25-15-18(22(29)17-21(25)27(37)38)16-26(36)35(19-9-11-20(12-10-19)40-28(30,31)32)33-23-7-3-4-8-24(23)34-13-5-2-6-14-34;/h3-4,7-12,15,17,33H,2,5-6,13-14,16H2,1H3,(H,37,38);1H. The molecule has 41 heavy (non-hydrogen) atoms. The number of carbonyl (C=O) groups excluding carboxylic acids is 1. The Bertz CT molecular complexity index is 1370. The number of hydrogen-bond acceptors (Lipinski definition) is 6. The summed E-state index contributed by atoms with van der Waals surface area (Å²) in [7, 11) is 1.33. The zero-order chi connectivity index (χ0) is 28.9. The summed E-state index contributed by atoms with van der Waals surface area (Å²) in [5, 5.41) is 10.7. The van der Waals surface area contributed by atoms with Gasteiger partial charge in [0.15, 0.2) is 0 Å². The summed E-state index contributed by atoms with van der Waals surface area (Å²) in [6, 6.07) is 15.3. The van der Waals surface area contributed by atoms with E-state index in [1.54, 1.807) is 0 Å². The number of halogens is 5. The Morgan fingerprint density at radius 2 is 1.71 bits per heavy atom. The Hall–Kier alpha value is -3.64. The molecule has 1 aliphatic rings. The Labute approximate surface area is 249 Å². The van der Waals surface area contributed by atoms with Crippen LogP contribution in [-0.2, 0) is 11.2 Å². The monoisotopic (exact) mass is 657 g/mol. The van der Waals surface area contributed by atoms with E-state index in [1.165, 1.54) is 36.4 Å². The van der Waals surface area contributed by atoms with Gasteiger partial charge in [-0.05, 0) is 73.4 Å². The van der Waals surface area contributed by atoms with Gasteiger partial charge in [-0.1, -0.05) is 28.1 Å². The third-order valence-corrected chi connectivity index (χ3v) is 7.09. The number of carboxylic acid groups (broad SMARTS) is 1. The van der Waals surface area contributed by atoms with Crippen molar-refractivity contribution < 1.29 is 37.3 Å². The SMILES string of the molecule is COc1cc(CC(=O)N(Nc2ccccc2N2CCCCC2)c2ccc(OC(F)(F)F)cc2)c(Br)cc1C(=O)O.Cl. The molecule has 1 amide bonds. The molecule has 1 heterocycles. The molecule has 3 aromatic rings. The molecule has 0 aliphatic carbocycles. The predicted octanol–water partition coefficient (Wildman–Crippen LogP) is 7.07. The first kappa shape index (κ1) is 31.9. The smallest absolute Gasteiger partial charge is 0.496 e. The minimum absolute atomic E-state index is 0. The van der Waals surface area contributed by atoms with E-state index in [1.807, 2.05) is 24.3 Å². The average molecular weight is 659 g/mol. The molecule has 0 radical (unpaired) electrons. The van der Waals surface area contributed by atoms with Crippen molar-refractivity contribution in [3.05, 3.63) is 76.3 Å². The van der Waals surface area contributed by atoms with Crippen LogP contribution in [0.25, 0.3) is 0 Å². The lowest BCUT2D eigenvalue weighted by Crippen LogP contribution is -2.38. The van der Waals surface area contributed by atoms with Crippen LogP contribution in [0, 0.1) is 0 Å². The molecule has 13 heteroatoms. The highest BCUT2D eigenvalue weighted by molar-refractivity contribution is 9.10. The van der Waals surface area contributed by atoms with E-state index in [0.717, 1.165) is 50.2 Å². The number of para-hydroxylation sites is 2. The van der Waals surface area contributed by atoms with Crippen LogP contribution in [0.4, 0.5) is 30.2 Å². The number of ether oxygens (including phenoxy) is 2. The van der Waals surface area contributed by atoms with E-state index in [4.69, 9.17) is 4.74 Å². The number of aromatic carboxylic acids is 1. The molecule has 1 fully saturated rings. The van der Waals surface area contributed by atoms with Gasteiger partial charge in [0.25, 0.3) is 0 Å². The van der Waals surface area contributed by atoms with Crippen molar-refractivity contribution in [2.45, 2.75) is 32.0 Å². The molecule has 0 spiro atoms. The van der Waals surface area contributed by atoms with Crippen LogP contribution in [0.5, 0.6) is 11.5 Å². The van der Waals surface area contributed by atoms with E-state index in [9.17, 15) is 27.9 Å². The largest absolute Gasteiger partial charge is 0.573 e. The number of alkyl halides is 3. The number of nitrogens with one attached hydrogen (secondary N) is 1. The fourth-order valence-corrected chi connectivity index (χ4v) is 4.96. The summed E-state index contributed by atoms with van der Waals surface area (Å²) in [5.41, 5.74) is 5.37. The second-order valence-corrected chi connectivity index (χ2v) is 9.93. The van der Waals surface area contributed by atoms with Crippen LogP contribution in [-0.4, -0.2) is 43.5 Å². The Balaban J connectivity index is 0.00000462. The number of anilines is 3. The first-order chi connectivity index (χ1) is 19.1. The van der Waals surface area contributed by atoms with Crippen molar-refractivity contribution >= 4 is 57.3 Å². The molecular formula is C28H28BrClF3N3O5. The third-order valence-electron chi connectivity index (χ3n) is 6.35. The van der Waals surface area contributed by atoms with E-state index < -0.39 is 24.0 Å². The maximum absolute atomic E-state index is 13.8. The number of nitrogens with zero attached hydrogens (tertiary/aromatic N) is 2. The number of benzene rings is 3. The van der Waals surface area contributed by atoms with E-state index >= 15 is 0 Å². The third kappa shape index (κ3) is 8.20. The molecule has 0 atom stereocenters. The van der Waals surface area contributed by atoms with Crippen molar-refractivity contribution in [3.8, 4) is 11.5 Å². The van der Waals surface area contributed by atoms with Crippen LogP contribution in [0.2, 0.25) is 0 Å². The minimum atomic E-state index is -4.85. The van der Waals surface area contributed by atoms with Crippen molar-refractivity contribution in [2.24, 2.45) is 0 Å². The molecule has 3 aromatic carbocycles. The average Bonchev–Trinajstić information content (AvgIpc) is 2.93. The molecule has 2 N–H and O–H groups in total. The topological polar surface area (TPSA) is 91.3 Å². The first-order valence-electron chi connectivity index (χ1n) is 12.4. The highest BCUT2D eigenvalue weighted by atomic mass is 79.9. The van der Waals surface area contributed by atoms with Crippen molar-refractivity contribution in [2.75, 3.05) is 35.5 Å². The van der Waals surface area contributed by atoms with Crippen LogP contribution in [0.15, 0.2) is 65.1 Å². The second-order valence-electron chi connectivity index (χ2n) is 9.07. The van der Waals surface area contributed by atoms with Crippen LogP contribution >= 0.6 is 28.3 Å². The zero-order valence-electron chi connectivity index (χ0n) is 21.9. The van der Waals surface area contributed by atoms with Gasteiger partial charge in [-0.3, -0.25) is 10.2 Å². The highest BCUT2D eigenvalue weighted by Crippen LogP contribution is 2.33.